The van der Waals surface area contributed by atoms with Gasteiger partial charge in [-0.05, 0) is 61.0 Å². The van der Waals surface area contributed by atoms with E-state index in [1.807, 2.05) is 31.2 Å². The minimum Gasteiger partial charge on any atom is -0.491 e. The van der Waals surface area contributed by atoms with Crippen molar-refractivity contribution in [3.63, 3.8) is 0 Å². The molecule has 28 heavy (non-hydrogen) atoms. The van der Waals surface area contributed by atoms with Crippen LogP contribution in [0.4, 0.5) is 4.79 Å². The Morgan fingerprint density at radius 2 is 1.75 bits per heavy atom. The first kappa shape index (κ1) is 20.8. The van der Waals surface area contributed by atoms with E-state index in [-0.39, 0.29) is 23.8 Å². The third-order valence-corrected chi connectivity index (χ3v) is 5.96. The molecule has 1 saturated heterocycles. The van der Waals surface area contributed by atoms with Crippen molar-refractivity contribution < 1.29 is 14.3 Å². The predicted molar refractivity (Wildman–Crippen MR) is 115 cm³/mol. The Balaban J connectivity index is 1.76. The molecule has 0 saturated carbocycles. The van der Waals surface area contributed by atoms with Gasteiger partial charge in [-0.2, -0.15) is 0 Å². The summed E-state index contributed by atoms with van der Waals surface area (Å²) in [6.45, 7) is 4.11. The fourth-order valence-corrected chi connectivity index (χ4v) is 3.94. The average molecular weight is 436 g/mol. The molecule has 2 amide bonds. The lowest BCUT2D eigenvalue weighted by atomic mass is 10.2. The summed E-state index contributed by atoms with van der Waals surface area (Å²) in [6.07, 6.45) is 2.76. The van der Waals surface area contributed by atoms with Crippen LogP contribution in [-0.2, 0) is 11.3 Å². The topological polar surface area (TPSA) is 46.6 Å². The molecule has 1 unspecified atom stereocenters. The molecule has 1 heterocycles. The molecule has 0 spiro atoms. The zero-order valence-electron chi connectivity index (χ0n) is 15.4. The summed E-state index contributed by atoms with van der Waals surface area (Å²) in [6, 6.07) is 12.5. The molecule has 1 fully saturated rings. The molecule has 0 radical (unpaired) electrons. The molecule has 3 rings (SSSR count). The molecule has 2 aromatic carbocycles. The van der Waals surface area contributed by atoms with Crippen LogP contribution in [0.25, 0.3) is 6.08 Å². The number of nitrogens with zero attached hydrogens (tertiary/aromatic N) is 1. The third-order valence-electron chi connectivity index (χ3n) is 4.34. The molecule has 1 aliphatic rings. The summed E-state index contributed by atoms with van der Waals surface area (Å²) in [5, 5.41) is 0.504. The van der Waals surface area contributed by atoms with Crippen molar-refractivity contribution in [3.8, 4) is 5.75 Å². The Labute approximate surface area is 178 Å². The van der Waals surface area contributed by atoms with Gasteiger partial charge in [-0.1, -0.05) is 48.3 Å². The lowest BCUT2D eigenvalue weighted by Gasteiger charge is -2.14. The molecule has 146 valence electrons. The van der Waals surface area contributed by atoms with Crippen LogP contribution < -0.4 is 4.74 Å². The average Bonchev–Trinajstić information content (AvgIpc) is 2.93. The number of carbonyl (C=O) groups excluding carboxylic acids is 2. The van der Waals surface area contributed by atoms with E-state index in [4.69, 9.17) is 27.9 Å². The standard InChI is InChI=1S/C21H19Cl2NO3S/c1-3-13(2)27-15-9-7-14(8-10-15)11-19-20(25)24(21(26)28-19)12-16-17(22)5-4-6-18(16)23/h4-11,13H,3,12H2,1-2H3/b19-11+. The second-order valence-corrected chi connectivity index (χ2v) is 8.18. The van der Waals surface area contributed by atoms with Crippen LogP contribution in [0.3, 0.4) is 0 Å². The van der Waals surface area contributed by atoms with Crippen LogP contribution >= 0.6 is 35.0 Å². The first-order valence-electron chi connectivity index (χ1n) is 8.84. The smallest absolute Gasteiger partial charge is 0.293 e. The number of carbonyl (C=O) groups is 2. The van der Waals surface area contributed by atoms with Crippen molar-refractivity contribution in [3.05, 3.63) is 68.5 Å². The van der Waals surface area contributed by atoms with Gasteiger partial charge in [-0.3, -0.25) is 14.5 Å². The highest BCUT2D eigenvalue weighted by molar-refractivity contribution is 8.18. The van der Waals surface area contributed by atoms with E-state index in [9.17, 15) is 9.59 Å². The molecule has 0 aromatic heterocycles. The summed E-state index contributed by atoms with van der Waals surface area (Å²) in [5.41, 5.74) is 1.37. The molecule has 1 atom stereocenters. The van der Waals surface area contributed by atoms with E-state index in [1.54, 1.807) is 24.3 Å². The lowest BCUT2D eigenvalue weighted by molar-refractivity contribution is -0.123. The van der Waals surface area contributed by atoms with E-state index >= 15 is 0 Å². The fourth-order valence-electron chi connectivity index (χ4n) is 2.59. The van der Waals surface area contributed by atoms with Crippen LogP contribution in [-0.4, -0.2) is 22.2 Å². The van der Waals surface area contributed by atoms with E-state index in [0.29, 0.717) is 20.5 Å². The molecular weight excluding hydrogens is 417 g/mol. The van der Waals surface area contributed by atoms with Crippen LogP contribution in [0.2, 0.25) is 10.0 Å². The van der Waals surface area contributed by atoms with Crippen LogP contribution in [0, 0.1) is 0 Å². The molecule has 0 aliphatic carbocycles. The zero-order valence-corrected chi connectivity index (χ0v) is 17.8. The van der Waals surface area contributed by atoms with Crippen LogP contribution in [0.1, 0.15) is 31.4 Å². The first-order chi connectivity index (χ1) is 13.4. The summed E-state index contributed by atoms with van der Waals surface area (Å²) < 4.78 is 5.75. The molecule has 0 N–H and O–H groups in total. The Morgan fingerprint density at radius 1 is 1.11 bits per heavy atom. The number of hydrogen-bond acceptors (Lipinski definition) is 4. The number of rotatable bonds is 6. The normalized spacial score (nSPS) is 16.7. The second kappa shape index (κ2) is 9.03. The Bertz CT molecular complexity index is 907. The molecule has 7 heteroatoms. The quantitative estimate of drug-likeness (QED) is 0.491. The van der Waals surface area contributed by atoms with E-state index in [2.05, 4.69) is 6.92 Å². The number of thioether (sulfide) groups is 1. The van der Waals surface area contributed by atoms with Crippen molar-refractivity contribution in [2.24, 2.45) is 0 Å². The number of hydrogen-bond donors (Lipinski definition) is 0. The van der Waals surface area contributed by atoms with Gasteiger partial charge in [0.25, 0.3) is 11.1 Å². The fraction of sp³-hybridized carbons (Fsp3) is 0.238. The number of halogens is 2. The highest BCUT2D eigenvalue weighted by Gasteiger charge is 2.35. The van der Waals surface area contributed by atoms with Gasteiger partial charge in [0.05, 0.1) is 17.6 Å². The number of imide groups is 1. The number of benzene rings is 2. The first-order valence-corrected chi connectivity index (χ1v) is 10.4. The van der Waals surface area contributed by atoms with Gasteiger partial charge < -0.3 is 4.74 Å². The summed E-state index contributed by atoms with van der Waals surface area (Å²) in [7, 11) is 0. The summed E-state index contributed by atoms with van der Waals surface area (Å²) in [4.78, 5) is 26.6. The molecule has 4 nitrogen and oxygen atoms in total. The molecule has 2 aromatic rings. The van der Waals surface area contributed by atoms with Crippen molar-refractivity contribution >= 4 is 52.2 Å². The van der Waals surface area contributed by atoms with E-state index in [1.165, 1.54) is 0 Å². The third kappa shape index (κ3) is 4.72. The largest absolute Gasteiger partial charge is 0.491 e. The summed E-state index contributed by atoms with van der Waals surface area (Å²) >= 11 is 13.2. The monoisotopic (exact) mass is 435 g/mol. The predicted octanol–water partition coefficient (Wildman–Crippen LogP) is 6.41. The number of amides is 2. The van der Waals surface area contributed by atoms with Crippen LogP contribution in [0.15, 0.2) is 47.4 Å². The Hall–Kier alpha value is -1.95. The van der Waals surface area contributed by atoms with Crippen molar-refractivity contribution in [2.45, 2.75) is 32.9 Å². The zero-order chi connectivity index (χ0) is 20.3. The van der Waals surface area contributed by atoms with Gasteiger partial charge in [-0.25, -0.2) is 0 Å². The minimum absolute atomic E-state index is 0.0438. The van der Waals surface area contributed by atoms with Crippen molar-refractivity contribution in [2.75, 3.05) is 0 Å². The summed E-state index contributed by atoms with van der Waals surface area (Å²) in [5.74, 6) is 0.416. The van der Waals surface area contributed by atoms with Crippen molar-refractivity contribution in [1.82, 2.24) is 4.90 Å². The van der Waals surface area contributed by atoms with Gasteiger partial charge >= 0.3 is 0 Å². The van der Waals surface area contributed by atoms with E-state index < -0.39 is 0 Å². The van der Waals surface area contributed by atoms with E-state index in [0.717, 1.165) is 34.4 Å². The van der Waals surface area contributed by atoms with Crippen molar-refractivity contribution in [1.29, 1.82) is 0 Å². The van der Waals surface area contributed by atoms with Gasteiger partial charge in [0.15, 0.2) is 0 Å². The van der Waals surface area contributed by atoms with Gasteiger partial charge in [-0.15, -0.1) is 0 Å². The lowest BCUT2D eigenvalue weighted by Crippen LogP contribution is -2.27. The number of ether oxygens (including phenoxy) is 1. The minimum atomic E-state index is -0.356. The van der Waals surface area contributed by atoms with Crippen LogP contribution in [0.5, 0.6) is 5.75 Å². The highest BCUT2D eigenvalue weighted by Crippen LogP contribution is 2.35. The van der Waals surface area contributed by atoms with Gasteiger partial charge in [0.2, 0.25) is 0 Å². The highest BCUT2D eigenvalue weighted by atomic mass is 35.5. The second-order valence-electron chi connectivity index (χ2n) is 6.37. The SMILES string of the molecule is CCC(C)Oc1ccc(/C=C2/SC(=O)N(Cc3c(Cl)cccc3Cl)C2=O)cc1. The maximum absolute atomic E-state index is 12.7. The Kier molecular flexibility index (Phi) is 6.70. The Morgan fingerprint density at radius 3 is 2.36 bits per heavy atom. The maximum Gasteiger partial charge on any atom is 0.293 e. The van der Waals surface area contributed by atoms with Gasteiger partial charge in [0.1, 0.15) is 5.75 Å². The molecule has 1 aliphatic heterocycles. The molecular formula is C21H19Cl2NO3S. The maximum atomic E-state index is 12.7. The van der Waals surface area contributed by atoms with Gasteiger partial charge in [0, 0.05) is 15.6 Å². The molecule has 0 bridgehead atoms.